The predicted octanol–water partition coefficient (Wildman–Crippen LogP) is 3.13. The van der Waals surface area contributed by atoms with Gasteiger partial charge in [-0.15, -0.1) is 0 Å². The topological polar surface area (TPSA) is 88.1 Å². The highest BCUT2D eigenvalue weighted by Gasteiger charge is 2.24. The number of hydrogen-bond donors (Lipinski definition) is 1. The van der Waals surface area contributed by atoms with Crippen LogP contribution in [0.2, 0.25) is 0 Å². The summed E-state index contributed by atoms with van der Waals surface area (Å²) < 4.78 is 31.4. The molecule has 3 rings (SSSR count). The highest BCUT2D eigenvalue weighted by atomic mass is 32.2. The Bertz CT molecular complexity index is 1150. The van der Waals surface area contributed by atoms with Crippen LogP contribution in [0.4, 0.5) is 0 Å². The normalized spacial score (nSPS) is 11.1. The Morgan fingerprint density at radius 1 is 0.871 bits per heavy atom. The number of nitrogens with zero attached hydrogens (tertiary/aromatic N) is 2. The summed E-state index contributed by atoms with van der Waals surface area (Å²) in [6.07, 6.45) is 0. The summed E-state index contributed by atoms with van der Waals surface area (Å²) in [5.74, 6) is -0.384. The molecule has 0 saturated heterocycles. The van der Waals surface area contributed by atoms with Crippen LogP contribution in [0.5, 0.6) is 5.75 Å². The van der Waals surface area contributed by atoms with Crippen LogP contribution in [0.15, 0.2) is 88.9 Å². The minimum atomic E-state index is -3.80. The van der Waals surface area contributed by atoms with Crippen LogP contribution in [0, 0.1) is 0 Å². The van der Waals surface area contributed by atoms with Crippen molar-refractivity contribution in [1.29, 1.82) is 0 Å². The summed E-state index contributed by atoms with van der Waals surface area (Å²) >= 11 is 0. The van der Waals surface area contributed by atoms with Crippen LogP contribution in [0.3, 0.4) is 0 Å². The number of carbonyl (C=O) groups is 1. The Labute approximate surface area is 182 Å². The second-order valence-electron chi connectivity index (χ2n) is 6.79. The zero-order chi connectivity index (χ0) is 22.4. The van der Waals surface area contributed by atoms with Gasteiger partial charge in [0.2, 0.25) is 10.0 Å². The minimum Gasteiger partial charge on any atom is -0.495 e. The first-order valence-electron chi connectivity index (χ1n) is 9.44. The predicted molar refractivity (Wildman–Crippen MR) is 120 cm³/mol. The first-order chi connectivity index (χ1) is 14.8. The van der Waals surface area contributed by atoms with Crippen LogP contribution in [-0.2, 0) is 10.0 Å². The summed E-state index contributed by atoms with van der Waals surface area (Å²) in [4.78, 5) is 12.7. The third kappa shape index (κ3) is 4.99. The Hall–Kier alpha value is -3.49. The van der Waals surface area contributed by atoms with Gasteiger partial charge in [-0.05, 0) is 18.2 Å². The molecule has 0 aliphatic rings. The van der Waals surface area contributed by atoms with Gasteiger partial charge in [0.15, 0.2) is 0 Å². The number of ether oxygens (including phenoxy) is 1. The van der Waals surface area contributed by atoms with Crippen molar-refractivity contribution in [2.75, 3.05) is 21.2 Å². The minimum absolute atomic E-state index is 0.0945. The van der Waals surface area contributed by atoms with Crippen molar-refractivity contribution in [3.8, 4) is 5.75 Å². The van der Waals surface area contributed by atoms with E-state index in [1.807, 2.05) is 60.7 Å². The van der Waals surface area contributed by atoms with Gasteiger partial charge in [-0.2, -0.15) is 5.10 Å². The van der Waals surface area contributed by atoms with Crippen LogP contribution < -0.4 is 10.2 Å². The SMILES string of the molecule is COc1ccc(C(=O)NN=C(c2ccccc2)c2ccccc2)cc1S(=O)(=O)N(C)C. The second kappa shape index (κ2) is 9.55. The van der Waals surface area contributed by atoms with Gasteiger partial charge >= 0.3 is 0 Å². The van der Waals surface area contributed by atoms with Gasteiger partial charge in [-0.1, -0.05) is 60.7 Å². The molecule has 0 radical (unpaired) electrons. The van der Waals surface area contributed by atoms with E-state index in [0.29, 0.717) is 5.71 Å². The van der Waals surface area contributed by atoms with Gasteiger partial charge in [0, 0.05) is 30.8 Å². The fourth-order valence-corrected chi connectivity index (χ4v) is 3.95. The molecule has 1 N–H and O–H groups in total. The Balaban J connectivity index is 1.97. The van der Waals surface area contributed by atoms with Crippen LogP contribution >= 0.6 is 0 Å². The molecule has 160 valence electrons. The number of amides is 1. The molecule has 0 aromatic heterocycles. The molecule has 0 saturated carbocycles. The third-order valence-electron chi connectivity index (χ3n) is 4.55. The zero-order valence-electron chi connectivity index (χ0n) is 17.4. The lowest BCUT2D eigenvalue weighted by molar-refractivity contribution is 0.0954. The Kier molecular flexibility index (Phi) is 6.84. The third-order valence-corrected chi connectivity index (χ3v) is 6.38. The van der Waals surface area contributed by atoms with E-state index in [0.717, 1.165) is 15.4 Å². The van der Waals surface area contributed by atoms with Gasteiger partial charge in [0.1, 0.15) is 10.6 Å². The van der Waals surface area contributed by atoms with E-state index < -0.39 is 15.9 Å². The highest BCUT2D eigenvalue weighted by Crippen LogP contribution is 2.27. The maximum atomic E-state index is 12.8. The zero-order valence-corrected chi connectivity index (χ0v) is 18.3. The molecule has 0 unspecified atom stereocenters. The molecule has 3 aromatic carbocycles. The van der Waals surface area contributed by atoms with Crippen molar-refractivity contribution in [2.45, 2.75) is 4.90 Å². The first-order valence-corrected chi connectivity index (χ1v) is 10.9. The monoisotopic (exact) mass is 437 g/mol. The van der Waals surface area contributed by atoms with Gasteiger partial charge in [-0.25, -0.2) is 18.1 Å². The quantitative estimate of drug-likeness (QED) is 0.454. The number of sulfonamides is 1. The van der Waals surface area contributed by atoms with Gasteiger partial charge < -0.3 is 4.74 Å². The lowest BCUT2D eigenvalue weighted by Crippen LogP contribution is -2.24. The van der Waals surface area contributed by atoms with E-state index in [1.54, 1.807) is 0 Å². The fraction of sp³-hybridized carbons (Fsp3) is 0.130. The lowest BCUT2D eigenvalue weighted by Gasteiger charge is -2.15. The van der Waals surface area contributed by atoms with E-state index in [-0.39, 0.29) is 16.2 Å². The Morgan fingerprint density at radius 2 is 1.42 bits per heavy atom. The number of hydrazone groups is 1. The molecule has 0 aliphatic carbocycles. The van der Waals surface area contributed by atoms with Crippen molar-refractivity contribution in [1.82, 2.24) is 9.73 Å². The molecular formula is C23H23N3O4S. The summed E-state index contributed by atoms with van der Waals surface area (Å²) in [5.41, 5.74) is 4.94. The van der Waals surface area contributed by atoms with Gasteiger partial charge in [0.05, 0.1) is 12.8 Å². The van der Waals surface area contributed by atoms with Gasteiger partial charge in [-0.3, -0.25) is 4.79 Å². The number of rotatable bonds is 7. The van der Waals surface area contributed by atoms with Crippen LogP contribution in [0.1, 0.15) is 21.5 Å². The summed E-state index contributed by atoms with van der Waals surface area (Å²) in [6.45, 7) is 0. The van der Waals surface area contributed by atoms with E-state index in [4.69, 9.17) is 4.74 Å². The number of hydrogen-bond acceptors (Lipinski definition) is 5. The number of nitrogens with one attached hydrogen (secondary N) is 1. The number of carbonyl (C=O) groups excluding carboxylic acids is 1. The lowest BCUT2D eigenvalue weighted by atomic mass is 10.0. The van der Waals surface area contributed by atoms with Crippen molar-refractivity contribution in [3.05, 3.63) is 95.6 Å². The van der Waals surface area contributed by atoms with Crippen molar-refractivity contribution in [3.63, 3.8) is 0 Å². The molecule has 0 aliphatic heterocycles. The molecule has 1 amide bonds. The average molecular weight is 438 g/mol. The molecule has 3 aromatic rings. The number of methoxy groups -OCH3 is 1. The molecule has 31 heavy (non-hydrogen) atoms. The summed E-state index contributed by atoms with van der Waals surface area (Å²) in [7, 11) is 0.404. The average Bonchev–Trinajstić information content (AvgIpc) is 2.80. The number of benzene rings is 3. The molecule has 0 fully saturated rings. The molecule has 0 bridgehead atoms. The van der Waals surface area contributed by atoms with Crippen molar-refractivity contribution in [2.24, 2.45) is 5.10 Å². The molecular weight excluding hydrogens is 414 g/mol. The van der Waals surface area contributed by atoms with E-state index >= 15 is 0 Å². The van der Waals surface area contributed by atoms with E-state index in [2.05, 4.69) is 10.5 Å². The first kappa shape index (κ1) is 22.2. The summed E-state index contributed by atoms with van der Waals surface area (Å²) in [6, 6.07) is 23.1. The van der Waals surface area contributed by atoms with Crippen LogP contribution in [-0.4, -0.2) is 45.5 Å². The van der Waals surface area contributed by atoms with E-state index in [1.165, 1.54) is 39.4 Å². The van der Waals surface area contributed by atoms with Gasteiger partial charge in [0.25, 0.3) is 5.91 Å². The largest absolute Gasteiger partial charge is 0.495 e. The molecule has 0 heterocycles. The molecule has 7 nitrogen and oxygen atoms in total. The Morgan fingerprint density at radius 3 is 1.90 bits per heavy atom. The maximum Gasteiger partial charge on any atom is 0.271 e. The molecule has 0 spiro atoms. The molecule has 8 heteroatoms. The van der Waals surface area contributed by atoms with Crippen LogP contribution in [0.25, 0.3) is 0 Å². The maximum absolute atomic E-state index is 12.8. The smallest absolute Gasteiger partial charge is 0.271 e. The summed E-state index contributed by atoms with van der Waals surface area (Å²) in [5, 5.41) is 4.34. The molecule has 0 atom stereocenters. The van der Waals surface area contributed by atoms with Crippen molar-refractivity contribution < 1.29 is 17.9 Å². The van der Waals surface area contributed by atoms with Crippen molar-refractivity contribution >= 4 is 21.6 Å². The fourth-order valence-electron chi connectivity index (χ4n) is 2.88. The van der Waals surface area contributed by atoms with E-state index in [9.17, 15) is 13.2 Å². The standard InChI is InChI=1S/C23H23N3O4S/c1-26(2)31(28,29)21-16-19(14-15-20(21)30-3)23(27)25-24-22(17-10-6-4-7-11-17)18-12-8-5-9-13-18/h4-16H,1-3H3,(H,25,27). The second-order valence-corrected chi connectivity index (χ2v) is 8.91. The highest BCUT2D eigenvalue weighted by molar-refractivity contribution is 7.89.